The lowest BCUT2D eigenvalue weighted by atomic mass is 9.99. The second-order valence-corrected chi connectivity index (χ2v) is 4.44. The van der Waals surface area contributed by atoms with Gasteiger partial charge in [-0.05, 0) is 12.8 Å². The summed E-state index contributed by atoms with van der Waals surface area (Å²) in [5.74, 6) is -0.438. The van der Waals surface area contributed by atoms with Crippen LogP contribution < -0.4 is 0 Å². The number of hydrogen-bond acceptors (Lipinski definition) is 7. The molecule has 2 aliphatic rings. The first-order valence-electron chi connectivity index (χ1n) is 5.55. The molecule has 1 aliphatic heterocycles. The van der Waals surface area contributed by atoms with Crippen LogP contribution in [0.25, 0.3) is 0 Å². The lowest BCUT2D eigenvalue weighted by Gasteiger charge is -2.37. The molecule has 2 rings (SSSR count). The first-order chi connectivity index (χ1) is 8.00. The standard InChI is InChI=1S/C10H16O7/c11-6-5(3-16-9(14)4-1-2-4)17-10(15)8(13)7(6)12/h4-8,10-13,15H,1-3H2. The zero-order valence-corrected chi connectivity index (χ0v) is 9.10. The fourth-order valence-corrected chi connectivity index (χ4v) is 1.67. The molecule has 0 bridgehead atoms. The van der Waals surface area contributed by atoms with Gasteiger partial charge in [0.25, 0.3) is 0 Å². The number of aliphatic hydroxyl groups excluding tert-OH is 4. The predicted octanol–water partition coefficient (Wildman–Crippen LogP) is -2.26. The average molecular weight is 248 g/mol. The van der Waals surface area contributed by atoms with Gasteiger partial charge in [0.15, 0.2) is 6.29 Å². The Labute approximate surface area is 97.6 Å². The molecule has 0 aromatic carbocycles. The van der Waals surface area contributed by atoms with Gasteiger partial charge in [-0.1, -0.05) is 0 Å². The molecule has 98 valence electrons. The Bertz CT molecular complexity index is 290. The van der Waals surface area contributed by atoms with E-state index in [2.05, 4.69) is 0 Å². The van der Waals surface area contributed by atoms with Gasteiger partial charge in [-0.3, -0.25) is 4.79 Å². The third-order valence-corrected chi connectivity index (χ3v) is 2.99. The van der Waals surface area contributed by atoms with Gasteiger partial charge in [0, 0.05) is 0 Å². The summed E-state index contributed by atoms with van der Waals surface area (Å²) in [7, 11) is 0. The molecule has 1 saturated heterocycles. The minimum atomic E-state index is -1.60. The van der Waals surface area contributed by atoms with Gasteiger partial charge < -0.3 is 29.9 Å². The molecule has 5 atom stereocenters. The molecule has 4 N–H and O–H groups in total. The summed E-state index contributed by atoms with van der Waals surface area (Å²) in [6.45, 7) is -0.253. The van der Waals surface area contributed by atoms with Crippen molar-refractivity contribution in [2.45, 2.75) is 43.5 Å². The van der Waals surface area contributed by atoms with Crippen LogP contribution in [0.2, 0.25) is 0 Å². The SMILES string of the molecule is O=C(OCC1OC(O)C(O)C(O)C1O)C1CC1. The Morgan fingerprint density at radius 2 is 1.76 bits per heavy atom. The van der Waals surface area contributed by atoms with E-state index in [1.807, 2.05) is 0 Å². The number of hydrogen-bond donors (Lipinski definition) is 4. The largest absolute Gasteiger partial charge is 0.463 e. The van der Waals surface area contributed by atoms with Crippen molar-refractivity contribution in [3.63, 3.8) is 0 Å². The third kappa shape index (κ3) is 2.75. The summed E-state index contributed by atoms with van der Waals surface area (Å²) in [6, 6.07) is 0. The molecule has 7 heteroatoms. The van der Waals surface area contributed by atoms with Crippen LogP contribution in [0.3, 0.4) is 0 Å². The van der Waals surface area contributed by atoms with E-state index in [0.717, 1.165) is 12.8 Å². The minimum absolute atomic E-state index is 0.0730. The van der Waals surface area contributed by atoms with Crippen molar-refractivity contribution in [2.24, 2.45) is 5.92 Å². The molecule has 2 fully saturated rings. The van der Waals surface area contributed by atoms with Crippen LogP contribution in [-0.2, 0) is 14.3 Å². The molecule has 1 heterocycles. The van der Waals surface area contributed by atoms with Gasteiger partial charge in [-0.15, -0.1) is 0 Å². The lowest BCUT2D eigenvalue weighted by Crippen LogP contribution is -2.58. The molecule has 0 radical (unpaired) electrons. The fourth-order valence-electron chi connectivity index (χ4n) is 1.67. The summed E-state index contributed by atoms with van der Waals surface area (Å²) < 4.78 is 9.73. The topological polar surface area (TPSA) is 116 Å². The van der Waals surface area contributed by atoms with Gasteiger partial charge in [0.1, 0.15) is 31.0 Å². The van der Waals surface area contributed by atoms with E-state index in [4.69, 9.17) is 9.47 Å². The number of carbonyl (C=O) groups excluding carboxylic acids is 1. The molecule has 7 nitrogen and oxygen atoms in total. The van der Waals surface area contributed by atoms with Crippen molar-refractivity contribution in [1.82, 2.24) is 0 Å². The summed E-state index contributed by atoms with van der Waals surface area (Å²) in [5, 5.41) is 37.4. The summed E-state index contributed by atoms with van der Waals surface area (Å²) in [4.78, 5) is 11.2. The molecular weight excluding hydrogens is 232 g/mol. The van der Waals surface area contributed by atoms with Gasteiger partial charge in [0.05, 0.1) is 5.92 Å². The zero-order valence-electron chi connectivity index (χ0n) is 9.10. The average Bonchev–Trinajstić information content (AvgIpc) is 3.13. The van der Waals surface area contributed by atoms with E-state index in [9.17, 15) is 25.2 Å². The summed E-state index contributed by atoms with van der Waals surface area (Å²) in [5.41, 5.74) is 0. The minimum Gasteiger partial charge on any atom is -0.463 e. The number of carbonyl (C=O) groups is 1. The number of ether oxygens (including phenoxy) is 2. The fraction of sp³-hybridized carbons (Fsp3) is 0.900. The molecular formula is C10H16O7. The highest BCUT2D eigenvalue weighted by atomic mass is 16.6. The van der Waals surface area contributed by atoms with Gasteiger partial charge in [-0.25, -0.2) is 0 Å². The number of rotatable bonds is 3. The van der Waals surface area contributed by atoms with Crippen LogP contribution in [0.1, 0.15) is 12.8 Å². The Morgan fingerprint density at radius 1 is 1.12 bits per heavy atom. The van der Waals surface area contributed by atoms with Crippen molar-refractivity contribution in [1.29, 1.82) is 0 Å². The Balaban J connectivity index is 1.84. The first kappa shape index (κ1) is 12.7. The maximum atomic E-state index is 11.2. The first-order valence-corrected chi connectivity index (χ1v) is 5.55. The van der Waals surface area contributed by atoms with Crippen LogP contribution in [0.15, 0.2) is 0 Å². The highest BCUT2D eigenvalue weighted by Gasteiger charge is 2.43. The molecule has 1 aliphatic carbocycles. The van der Waals surface area contributed by atoms with E-state index >= 15 is 0 Å². The van der Waals surface area contributed by atoms with Gasteiger partial charge in [-0.2, -0.15) is 0 Å². The highest BCUT2D eigenvalue weighted by molar-refractivity contribution is 5.74. The maximum Gasteiger partial charge on any atom is 0.309 e. The summed E-state index contributed by atoms with van der Waals surface area (Å²) in [6.07, 6.45) is -5.53. The molecule has 0 amide bonds. The van der Waals surface area contributed by atoms with E-state index in [-0.39, 0.29) is 18.5 Å². The smallest absolute Gasteiger partial charge is 0.309 e. The van der Waals surface area contributed by atoms with Crippen molar-refractivity contribution < 1.29 is 34.7 Å². The highest BCUT2D eigenvalue weighted by Crippen LogP contribution is 2.30. The van der Waals surface area contributed by atoms with Crippen LogP contribution in [-0.4, -0.2) is 63.7 Å². The van der Waals surface area contributed by atoms with Crippen LogP contribution in [0, 0.1) is 5.92 Å². The normalized spacial score (nSPS) is 42.2. The van der Waals surface area contributed by atoms with Crippen molar-refractivity contribution in [2.75, 3.05) is 6.61 Å². The lowest BCUT2D eigenvalue weighted by molar-refractivity contribution is -0.287. The molecule has 0 aromatic heterocycles. The monoisotopic (exact) mass is 248 g/mol. The van der Waals surface area contributed by atoms with E-state index in [1.54, 1.807) is 0 Å². The maximum absolute atomic E-state index is 11.2. The van der Waals surface area contributed by atoms with E-state index in [1.165, 1.54) is 0 Å². The Hall–Kier alpha value is -0.730. The second-order valence-electron chi connectivity index (χ2n) is 4.44. The van der Waals surface area contributed by atoms with E-state index < -0.39 is 30.7 Å². The number of aliphatic hydroxyl groups is 4. The zero-order chi connectivity index (χ0) is 12.6. The quantitative estimate of drug-likeness (QED) is 0.416. The predicted molar refractivity (Wildman–Crippen MR) is 52.6 cm³/mol. The second kappa shape index (κ2) is 4.87. The van der Waals surface area contributed by atoms with Crippen molar-refractivity contribution in [3.05, 3.63) is 0 Å². The van der Waals surface area contributed by atoms with Crippen molar-refractivity contribution in [3.8, 4) is 0 Å². The van der Waals surface area contributed by atoms with Crippen LogP contribution >= 0.6 is 0 Å². The van der Waals surface area contributed by atoms with Gasteiger partial charge >= 0.3 is 5.97 Å². The Kier molecular flexibility index (Phi) is 3.64. The molecule has 17 heavy (non-hydrogen) atoms. The molecule has 5 unspecified atom stereocenters. The Morgan fingerprint density at radius 3 is 2.35 bits per heavy atom. The van der Waals surface area contributed by atoms with Crippen LogP contribution in [0.4, 0.5) is 0 Å². The van der Waals surface area contributed by atoms with Crippen molar-refractivity contribution >= 4 is 5.97 Å². The van der Waals surface area contributed by atoms with Gasteiger partial charge in [0.2, 0.25) is 0 Å². The summed E-state index contributed by atoms with van der Waals surface area (Å²) >= 11 is 0. The molecule has 0 aromatic rings. The number of esters is 1. The third-order valence-electron chi connectivity index (χ3n) is 2.99. The van der Waals surface area contributed by atoms with Crippen LogP contribution in [0.5, 0.6) is 0 Å². The molecule has 0 spiro atoms. The van der Waals surface area contributed by atoms with E-state index in [0.29, 0.717) is 0 Å². The molecule has 1 saturated carbocycles.